The predicted molar refractivity (Wildman–Crippen MR) is 202 cm³/mol. The van der Waals surface area contributed by atoms with Crippen LogP contribution in [0.4, 0.5) is 4.79 Å². The van der Waals surface area contributed by atoms with Crippen LogP contribution in [-0.4, -0.2) is 82.4 Å². The van der Waals surface area contributed by atoms with Crippen LogP contribution in [0.5, 0.6) is 0 Å². The zero-order valence-corrected chi connectivity index (χ0v) is 30.3. The molecule has 1 unspecified atom stereocenters. The van der Waals surface area contributed by atoms with Crippen LogP contribution in [0.3, 0.4) is 0 Å². The minimum Gasteiger partial charge on any atom is -0.453 e. The molecule has 2 aliphatic heterocycles. The molecule has 4 atom stereocenters. The lowest BCUT2D eigenvalue weighted by molar-refractivity contribution is -0.188. The van der Waals surface area contributed by atoms with Crippen molar-refractivity contribution in [1.29, 1.82) is 0 Å². The van der Waals surface area contributed by atoms with E-state index in [0.717, 1.165) is 59.9 Å². The number of imidazole rings is 1. The van der Waals surface area contributed by atoms with E-state index in [-0.39, 0.29) is 23.9 Å². The van der Waals surface area contributed by atoms with Gasteiger partial charge in [0.15, 0.2) is 11.7 Å². The van der Waals surface area contributed by atoms with E-state index in [4.69, 9.17) is 14.6 Å². The van der Waals surface area contributed by atoms with Crippen LogP contribution in [0.1, 0.15) is 66.3 Å². The van der Waals surface area contributed by atoms with Crippen molar-refractivity contribution in [2.75, 3.05) is 27.3 Å². The Morgan fingerprint density at radius 3 is 2.31 bits per heavy atom. The number of pyridine rings is 1. The lowest BCUT2D eigenvalue weighted by Gasteiger charge is -2.29. The highest BCUT2D eigenvalue weighted by Crippen LogP contribution is 2.35. The van der Waals surface area contributed by atoms with Crippen LogP contribution in [-0.2, 0) is 30.5 Å². The van der Waals surface area contributed by atoms with E-state index < -0.39 is 18.2 Å². The Bertz CT molecular complexity index is 2090. The Morgan fingerprint density at radius 1 is 0.889 bits per heavy atom. The molecule has 54 heavy (non-hydrogen) atoms. The second kappa shape index (κ2) is 16.7. The fraction of sp³-hybridized carbons (Fsp3) is 0.317. The van der Waals surface area contributed by atoms with Crippen molar-refractivity contribution in [2.24, 2.45) is 4.99 Å². The fourth-order valence-corrected chi connectivity index (χ4v) is 7.48. The molecule has 0 aliphatic carbocycles. The van der Waals surface area contributed by atoms with Gasteiger partial charge in [0.2, 0.25) is 12.3 Å². The number of aliphatic imine (C=N–C) groups is 1. The molecule has 0 radical (unpaired) electrons. The molecule has 7 rings (SSSR count). The summed E-state index contributed by atoms with van der Waals surface area (Å²) in [5.41, 5.74) is 5.86. The molecule has 2 fully saturated rings. The maximum atomic E-state index is 13.9. The molecule has 2 aliphatic rings. The number of rotatable bonds is 12. The molecule has 2 saturated heterocycles. The summed E-state index contributed by atoms with van der Waals surface area (Å²) < 4.78 is 4.83. The van der Waals surface area contributed by atoms with Gasteiger partial charge in [-0.05, 0) is 60.4 Å². The highest BCUT2D eigenvalue weighted by atomic mass is 17.2. The number of alkyl carbamates (subject to hydrolysis) is 1. The predicted octanol–water partition coefficient (Wildman–Crippen LogP) is 6.27. The van der Waals surface area contributed by atoms with Crippen LogP contribution >= 0.6 is 0 Å². The number of carbonyl (C=O) groups excluding carboxylic acids is 3. The van der Waals surface area contributed by atoms with Crippen LogP contribution < -0.4 is 5.32 Å². The first kappa shape index (κ1) is 36.3. The van der Waals surface area contributed by atoms with E-state index in [1.807, 2.05) is 82.7 Å². The number of likely N-dealkylation sites (tertiary alicyclic amines) is 2. The summed E-state index contributed by atoms with van der Waals surface area (Å²) in [5.74, 6) is 0.398. The third-order valence-corrected chi connectivity index (χ3v) is 10.2. The van der Waals surface area contributed by atoms with Crippen molar-refractivity contribution in [1.82, 2.24) is 30.1 Å². The number of amides is 3. The molecule has 4 heterocycles. The molecule has 0 bridgehead atoms. The third kappa shape index (κ3) is 7.96. The zero-order chi connectivity index (χ0) is 37.4. The zero-order valence-electron chi connectivity index (χ0n) is 30.3. The number of hydrogen-bond donors (Lipinski definition) is 2. The summed E-state index contributed by atoms with van der Waals surface area (Å²) in [5, 5.41) is 2.73. The van der Waals surface area contributed by atoms with Gasteiger partial charge >= 0.3 is 6.09 Å². The summed E-state index contributed by atoms with van der Waals surface area (Å²) in [6.07, 6.45) is 6.38. The van der Waals surface area contributed by atoms with Gasteiger partial charge in [-0.3, -0.25) is 9.59 Å². The van der Waals surface area contributed by atoms with Gasteiger partial charge < -0.3 is 29.7 Å². The Labute approximate surface area is 313 Å². The van der Waals surface area contributed by atoms with Gasteiger partial charge in [0, 0.05) is 30.9 Å². The average Bonchev–Trinajstić information content (AvgIpc) is 3.99. The van der Waals surface area contributed by atoms with E-state index in [9.17, 15) is 14.4 Å². The fourth-order valence-electron chi connectivity index (χ4n) is 7.48. The smallest absolute Gasteiger partial charge is 0.407 e. The number of ether oxygens (including phenoxy) is 1. The van der Waals surface area contributed by atoms with Gasteiger partial charge in [-0.15, -0.1) is 0 Å². The van der Waals surface area contributed by atoms with E-state index >= 15 is 0 Å². The molecule has 2 N–H and O–H groups in total. The maximum Gasteiger partial charge on any atom is 0.407 e. The average molecular weight is 730 g/mol. The van der Waals surface area contributed by atoms with Crippen LogP contribution in [0.15, 0.2) is 102 Å². The van der Waals surface area contributed by atoms with Gasteiger partial charge in [0.05, 0.1) is 25.8 Å². The molecule has 0 spiro atoms. The van der Waals surface area contributed by atoms with Crippen molar-refractivity contribution in [3.05, 3.63) is 120 Å². The minimum atomic E-state index is -0.828. The molecule has 5 aromatic rings. The first-order chi connectivity index (χ1) is 26.4. The monoisotopic (exact) mass is 729 g/mol. The summed E-state index contributed by atoms with van der Waals surface area (Å²) in [6, 6.07) is 27.1. The summed E-state index contributed by atoms with van der Waals surface area (Å²) >= 11 is 0. The minimum absolute atomic E-state index is 0.00550. The van der Waals surface area contributed by atoms with Crippen molar-refractivity contribution in [3.63, 3.8) is 0 Å². The molecule has 3 aromatic carbocycles. The lowest BCUT2D eigenvalue weighted by Crippen LogP contribution is -2.45. The van der Waals surface area contributed by atoms with Crippen LogP contribution in [0.25, 0.3) is 22.3 Å². The number of fused-ring (bicyclic) bond motifs is 1. The number of nitrogens with one attached hydrogen (secondary N) is 2. The number of nitrogens with zero attached hydrogens (tertiary/aromatic N) is 5. The molecule has 13 nitrogen and oxygen atoms in total. The highest BCUT2D eigenvalue weighted by molar-refractivity contribution is 5.87. The van der Waals surface area contributed by atoms with E-state index in [1.165, 1.54) is 14.2 Å². The van der Waals surface area contributed by atoms with Gasteiger partial charge in [-0.2, -0.15) is 4.89 Å². The maximum absolute atomic E-state index is 13.9. The number of methoxy groups -OCH3 is 1. The summed E-state index contributed by atoms with van der Waals surface area (Å²) in [7, 11) is 2.67. The highest BCUT2D eigenvalue weighted by Gasteiger charge is 2.37. The lowest BCUT2D eigenvalue weighted by atomic mass is 9.99. The number of hydrogen-bond acceptors (Lipinski definition) is 9. The number of benzene rings is 3. The Balaban J connectivity index is 1.05. The number of H-pyrrole nitrogens is 1. The van der Waals surface area contributed by atoms with E-state index in [2.05, 4.69) is 49.4 Å². The second-order valence-corrected chi connectivity index (χ2v) is 13.4. The van der Waals surface area contributed by atoms with Gasteiger partial charge in [-0.25, -0.2) is 19.8 Å². The quantitative estimate of drug-likeness (QED) is 0.0661. The van der Waals surface area contributed by atoms with Gasteiger partial charge in [0.1, 0.15) is 11.9 Å². The molecular weight excluding hydrogens is 686 g/mol. The van der Waals surface area contributed by atoms with Crippen molar-refractivity contribution >= 4 is 35.5 Å². The van der Waals surface area contributed by atoms with E-state index in [0.29, 0.717) is 36.5 Å². The Morgan fingerprint density at radius 2 is 1.59 bits per heavy atom. The van der Waals surface area contributed by atoms with Crippen molar-refractivity contribution in [2.45, 2.75) is 56.3 Å². The molecule has 13 heteroatoms. The molecule has 0 saturated carbocycles. The van der Waals surface area contributed by atoms with Gasteiger partial charge in [0.25, 0.3) is 5.91 Å². The third-order valence-electron chi connectivity index (χ3n) is 10.2. The SMILES string of the molecule is COOC=N[C@@H](C(=O)N1CCC[C@H]1c1nc2ncc(-c3ccc(C[C@@H]4CCCN4C(=O)C(NC(=O)OC)c4ccccc4)cc3)cc2[nH]1)c1ccccc1. The molecular formula is C41H43N7O6. The first-order valence-corrected chi connectivity index (χ1v) is 18.1. The molecule has 3 amide bonds. The van der Waals surface area contributed by atoms with Crippen LogP contribution in [0.2, 0.25) is 0 Å². The van der Waals surface area contributed by atoms with E-state index in [1.54, 1.807) is 0 Å². The number of carbonyl (C=O) groups is 3. The van der Waals surface area contributed by atoms with Crippen LogP contribution in [0, 0.1) is 0 Å². The summed E-state index contributed by atoms with van der Waals surface area (Å²) in [4.78, 5) is 70.5. The Kier molecular flexibility index (Phi) is 11.2. The first-order valence-electron chi connectivity index (χ1n) is 18.1. The number of aromatic amines is 1. The largest absolute Gasteiger partial charge is 0.453 e. The van der Waals surface area contributed by atoms with Gasteiger partial charge in [-0.1, -0.05) is 84.9 Å². The van der Waals surface area contributed by atoms with Crippen molar-refractivity contribution in [3.8, 4) is 11.1 Å². The molecule has 2 aromatic heterocycles. The standard InChI is InChI=1S/C41H43N7O6/c1-52-41(51)45-36(30-13-7-4-8-14-30)40(50)47-21-9-15-32(47)23-27-17-19-28(20-18-27)31-24-33-37(42-25-31)46-38(44-33)34-16-10-22-48(34)39(49)35(43-26-54-53-2)29-11-5-3-6-12-29/h3-8,11-14,17-20,24-26,32,34-36H,9-10,15-16,21-23H2,1-2H3,(H,45,51)(H,42,44,46)/t32-,34-,35+,36?/m0/s1. The summed E-state index contributed by atoms with van der Waals surface area (Å²) in [6.45, 7) is 1.21. The topological polar surface area (TPSA) is 151 Å². The van der Waals surface area contributed by atoms with Crippen molar-refractivity contribution < 1.29 is 28.9 Å². The number of aromatic nitrogens is 3. The second-order valence-electron chi connectivity index (χ2n) is 13.4. The Hall–Kier alpha value is -6.08. The normalized spacial score (nSPS) is 18.2. The molecule has 278 valence electrons.